The molecule has 1 aromatic heterocycles. The van der Waals surface area contributed by atoms with E-state index >= 15 is 0 Å². The van der Waals surface area contributed by atoms with Gasteiger partial charge in [-0.05, 0) is 44.0 Å². The molecule has 144 valence electrons. The minimum absolute atomic E-state index is 0.0754. The van der Waals surface area contributed by atoms with Crippen LogP contribution in [0.2, 0.25) is 0 Å². The SMILES string of the molecule is Cc1oc(CNC(=O)c2ccc(C(F)(F)F)cc2)nc1C(=O)N1CCCC1. The summed E-state index contributed by atoms with van der Waals surface area (Å²) in [4.78, 5) is 30.3. The van der Waals surface area contributed by atoms with Crippen molar-refractivity contribution in [2.45, 2.75) is 32.5 Å². The molecule has 0 spiro atoms. The van der Waals surface area contributed by atoms with Crippen molar-refractivity contribution in [1.82, 2.24) is 15.2 Å². The predicted molar refractivity (Wildman–Crippen MR) is 89.0 cm³/mol. The first-order chi connectivity index (χ1) is 12.8. The second-order valence-electron chi connectivity index (χ2n) is 6.27. The quantitative estimate of drug-likeness (QED) is 0.883. The lowest BCUT2D eigenvalue weighted by molar-refractivity contribution is -0.137. The Bertz CT molecular complexity index is 838. The van der Waals surface area contributed by atoms with Crippen LogP contribution in [0.25, 0.3) is 0 Å². The maximum absolute atomic E-state index is 12.6. The molecule has 1 aliphatic heterocycles. The third-order valence-corrected chi connectivity index (χ3v) is 4.31. The van der Waals surface area contributed by atoms with E-state index in [9.17, 15) is 22.8 Å². The Hall–Kier alpha value is -2.84. The first kappa shape index (κ1) is 18.9. The van der Waals surface area contributed by atoms with Crippen molar-refractivity contribution < 1.29 is 27.2 Å². The van der Waals surface area contributed by atoms with Crippen LogP contribution in [0.15, 0.2) is 28.7 Å². The Morgan fingerprint density at radius 3 is 2.41 bits per heavy atom. The van der Waals surface area contributed by atoms with E-state index in [-0.39, 0.29) is 29.6 Å². The third kappa shape index (κ3) is 4.29. The lowest BCUT2D eigenvalue weighted by Crippen LogP contribution is -2.28. The highest BCUT2D eigenvalue weighted by molar-refractivity contribution is 5.94. The molecule has 27 heavy (non-hydrogen) atoms. The summed E-state index contributed by atoms with van der Waals surface area (Å²) in [6.07, 6.45) is -2.54. The second-order valence-corrected chi connectivity index (χ2v) is 6.27. The summed E-state index contributed by atoms with van der Waals surface area (Å²) in [5.41, 5.74) is -0.525. The van der Waals surface area contributed by atoms with Gasteiger partial charge < -0.3 is 14.6 Å². The molecule has 1 aromatic carbocycles. The molecule has 2 aromatic rings. The van der Waals surface area contributed by atoms with Gasteiger partial charge in [0, 0.05) is 18.7 Å². The van der Waals surface area contributed by atoms with Crippen molar-refractivity contribution in [3.63, 3.8) is 0 Å². The van der Waals surface area contributed by atoms with E-state index in [1.165, 1.54) is 0 Å². The van der Waals surface area contributed by atoms with Crippen LogP contribution in [-0.4, -0.2) is 34.8 Å². The van der Waals surface area contributed by atoms with Gasteiger partial charge in [0.05, 0.1) is 12.1 Å². The highest BCUT2D eigenvalue weighted by Gasteiger charge is 2.30. The first-order valence-corrected chi connectivity index (χ1v) is 8.47. The minimum atomic E-state index is -4.46. The van der Waals surface area contributed by atoms with E-state index in [1.54, 1.807) is 11.8 Å². The molecule has 0 aliphatic carbocycles. The fourth-order valence-electron chi connectivity index (χ4n) is 2.86. The van der Waals surface area contributed by atoms with Crippen LogP contribution in [0, 0.1) is 6.92 Å². The van der Waals surface area contributed by atoms with E-state index in [1.807, 2.05) is 0 Å². The molecular weight excluding hydrogens is 363 g/mol. The molecule has 1 saturated heterocycles. The van der Waals surface area contributed by atoms with E-state index < -0.39 is 17.6 Å². The minimum Gasteiger partial charge on any atom is -0.443 e. The number of benzene rings is 1. The second kappa shape index (κ2) is 7.42. The predicted octanol–water partition coefficient (Wildman–Crippen LogP) is 3.17. The average Bonchev–Trinajstić information content (AvgIpc) is 3.28. The van der Waals surface area contributed by atoms with Gasteiger partial charge in [-0.25, -0.2) is 4.98 Å². The number of carbonyl (C=O) groups excluding carboxylic acids is 2. The van der Waals surface area contributed by atoms with Gasteiger partial charge in [0.25, 0.3) is 11.8 Å². The summed E-state index contributed by atoms with van der Waals surface area (Å²) in [5, 5.41) is 2.52. The molecule has 2 amide bonds. The van der Waals surface area contributed by atoms with Gasteiger partial charge in [0.1, 0.15) is 5.76 Å². The van der Waals surface area contributed by atoms with E-state index in [4.69, 9.17) is 4.42 Å². The zero-order chi connectivity index (χ0) is 19.6. The highest BCUT2D eigenvalue weighted by Crippen LogP contribution is 2.29. The van der Waals surface area contributed by atoms with Crippen molar-refractivity contribution in [2.24, 2.45) is 0 Å². The topological polar surface area (TPSA) is 75.4 Å². The van der Waals surface area contributed by atoms with Crippen LogP contribution in [-0.2, 0) is 12.7 Å². The normalized spacial score (nSPS) is 14.4. The number of carbonyl (C=O) groups is 2. The van der Waals surface area contributed by atoms with E-state index in [0.29, 0.717) is 18.8 Å². The number of hydrogen-bond acceptors (Lipinski definition) is 4. The Morgan fingerprint density at radius 1 is 1.19 bits per heavy atom. The van der Waals surface area contributed by atoms with Gasteiger partial charge in [-0.3, -0.25) is 9.59 Å². The van der Waals surface area contributed by atoms with Gasteiger partial charge in [0.15, 0.2) is 5.69 Å². The lowest BCUT2D eigenvalue weighted by atomic mass is 10.1. The van der Waals surface area contributed by atoms with Crippen LogP contribution in [0.5, 0.6) is 0 Å². The Labute approximate surface area is 153 Å². The zero-order valence-electron chi connectivity index (χ0n) is 14.6. The number of amides is 2. The molecule has 6 nitrogen and oxygen atoms in total. The van der Waals surface area contributed by atoms with Gasteiger partial charge in [-0.2, -0.15) is 13.2 Å². The van der Waals surface area contributed by atoms with Crippen molar-refractivity contribution in [3.8, 4) is 0 Å². The molecule has 0 radical (unpaired) electrons. The molecule has 0 unspecified atom stereocenters. The van der Waals surface area contributed by atoms with Gasteiger partial charge in [0.2, 0.25) is 5.89 Å². The van der Waals surface area contributed by atoms with E-state index in [0.717, 1.165) is 37.1 Å². The standard InChI is InChI=1S/C18H18F3N3O3/c1-11-15(17(26)24-8-2-3-9-24)23-14(27-11)10-22-16(25)12-4-6-13(7-5-12)18(19,20)21/h4-7H,2-3,8-10H2,1H3,(H,22,25). The zero-order valence-corrected chi connectivity index (χ0v) is 14.6. The van der Waals surface area contributed by atoms with Crippen molar-refractivity contribution in [3.05, 3.63) is 52.7 Å². The average molecular weight is 381 g/mol. The molecule has 1 aliphatic rings. The number of halogens is 3. The Balaban J connectivity index is 1.62. The van der Waals surface area contributed by atoms with Crippen LogP contribution in [0.1, 0.15) is 50.9 Å². The van der Waals surface area contributed by atoms with Gasteiger partial charge >= 0.3 is 6.18 Å². The van der Waals surface area contributed by atoms with Crippen LogP contribution in [0.3, 0.4) is 0 Å². The number of nitrogens with one attached hydrogen (secondary N) is 1. The van der Waals surface area contributed by atoms with Crippen LogP contribution < -0.4 is 5.32 Å². The fourth-order valence-corrected chi connectivity index (χ4v) is 2.86. The monoisotopic (exact) mass is 381 g/mol. The third-order valence-electron chi connectivity index (χ3n) is 4.31. The summed E-state index contributed by atoms with van der Waals surface area (Å²) >= 11 is 0. The number of nitrogens with zero attached hydrogens (tertiary/aromatic N) is 2. The number of aromatic nitrogens is 1. The maximum Gasteiger partial charge on any atom is 0.416 e. The molecule has 1 N–H and O–H groups in total. The Morgan fingerprint density at radius 2 is 1.81 bits per heavy atom. The number of hydrogen-bond donors (Lipinski definition) is 1. The van der Waals surface area contributed by atoms with Crippen molar-refractivity contribution >= 4 is 11.8 Å². The van der Waals surface area contributed by atoms with E-state index in [2.05, 4.69) is 10.3 Å². The largest absolute Gasteiger partial charge is 0.443 e. The molecular formula is C18H18F3N3O3. The van der Waals surface area contributed by atoms with Crippen LogP contribution >= 0.6 is 0 Å². The fraction of sp³-hybridized carbons (Fsp3) is 0.389. The molecule has 9 heteroatoms. The highest BCUT2D eigenvalue weighted by atomic mass is 19.4. The summed E-state index contributed by atoms with van der Waals surface area (Å²) in [5.74, 6) is -0.234. The maximum atomic E-state index is 12.6. The molecule has 0 atom stereocenters. The number of rotatable bonds is 4. The summed E-state index contributed by atoms with van der Waals surface area (Å²) in [6.45, 7) is 2.92. The van der Waals surface area contributed by atoms with Gasteiger partial charge in [-0.15, -0.1) is 0 Å². The summed E-state index contributed by atoms with van der Waals surface area (Å²) in [7, 11) is 0. The first-order valence-electron chi connectivity index (χ1n) is 8.47. The van der Waals surface area contributed by atoms with Crippen molar-refractivity contribution in [1.29, 1.82) is 0 Å². The number of alkyl halides is 3. The van der Waals surface area contributed by atoms with Crippen molar-refractivity contribution in [2.75, 3.05) is 13.1 Å². The summed E-state index contributed by atoms with van der Waals surface area (Å²) in [6, 6.07) is 3.89. The number of likely N-dealkylation sites (tertiary alicyclic amines) is 1. The molecule has 1 fully saturated rings. The molecule has 3 rings (SSSR count). The van der Waals surface area contributed by atoms with Crippen LogP contribution in [0.4, 0.5) is 13.2 Å². The lowest BCUT2D eigenvalue weighted by Gasteiger charge is -2.13. The molecule has 2 heterocycles. The number of aryl methyl sites for hydroxylation is 1. The molecule has 0 bridgehead atoms. The molecule has 0 saturated carbocycles. The summed E-state index contributed by atoms with van der Waals surface area (Å²) < 4.78 is 43.1. The smallest absolute Gasteiger partial charge is 0.416 e. The van der Waals surface area contributed by atoms with Gasteiger partial charge in [-0.1, -0.05) is 0 Å². The number of oxazole rings is 1. The Kier molecular flexibility index (Phi) is 5.20.